The molecule has 0 saturated carbocycles. The van der Waals surface area contributed by atoms with Crippen molar-refractivity contribution >= 4 is 0 Å². The summed E-state index contributed by atoms with van der Waals surface area (Å²) in [6.45, 7) is 1.86. The Morgan fingerprint density at radius 2 is 1.75 bits per heavy atom. The van der Waals surface area contributed by atoms with E-state index in [1.54, 1.807) is 22.9 Å². The molecule has 0 aliphatic carbocycles. The lowest BCUT2D eigenvalue weighted by Gasteiger charge is -2.01. The summed E-state index contributed by atoms with van der Waals surface area (Å²) in [6.07, 6.45) is 0. The van der Waals surface area contributed by atoms with Crippen LogP contribution >= 0.6 is 0 Å². The van der Waals surface area contributed by atoms with Crippen LogP contribution in [0.1, 0.15) is 5.69 Å². The fourth-order valence-electron chi connectivity index (χ4n) is 2.41. The van der Waals surface area contributed by atoms with Crippen molar-refractivity contribution in [1.82, 2.24) is 25.1 Å². The molecule has 2 heterocycles. The Balaban J connectivity index is 1.74. The van der Waals surface area contributed by atoms with Gasteiger partial charge >= 0.3 is 0 Å². The molecule has 0 saturated heterocycles. The van der Waals surface area contributed by atoms with Gasteiger partial charge < -0.3 is 4.52 Å². The summed E-state index contributed by atoms with van der Waals surface area (Å²) in [5.41, 5.74) is 2.39. The van der Waals surface area contributed by atoms with E-state index in [9.17, 15) is 4.39 Å². The molecule has 24 heavy (non-hydrogen) atoms. The zero-order chi connectivity index (χ0) is 16.5. The van der Waals surface area contributed by atoms with E-state index in [1.807, 2.05) is 37.3 Å². The van der Waals surface area contributed by atoms with E-state index in [4.69, 9.17) is 4.52 Å². The van der Waals surface area contributed by atoms with Crippen molar-refractivity contribution in [2.75, 3.05) is 0 Å². The molecule has 0 amide bonds. The molecular formula is C17H12FN5O. The molecule has 4 aromatic rings. The Bertz CT molecular complexity index is 993. The van der Waals surface area contributed by atoms with E-state index in [0.29, 0.717) is 5.69 Å². The van der Waals surface area contributed by atoms with E-state index in [2.05, 4.69) is 20.5 Å². The van der Waals surface area contributed by atoms with Gasteiger partial charge in [-0.15, -0.1) is 5.10 Å². The predicted octanol–water partition coefficient (Wildman–Crippen LogP) is 3.43. The van der Waals surface area contributed by atoms with Gasteiger partial charge in [0, 0.05) is 0 Å². The maximum atomic E-state index is 13.8. The number of para-hydroxylation sites is 1. The minimum absolute atomic E-state index is 0.108. The van der Waals surface area contributed by atoms with Gasteiger partial charge in [-0.3, -0.25) is 0 Å². The van der Waals surface area contributed by atoms with Crippen LogP contribution in [0.2, 0.25) is 0 Å². The van der Waals surface area contributed by atoms with Gasteiger partial charge in [0.2, 0.25) is 5.82 Å². The van der Waals surface area contributed by atoms with Crippen LogP contribution in [0.5, 0.6) is 0 Å². The van der Waals surface area contributed by atoms with Crippen molar-refractivity contribution in [2.24, 2.45) is 0 Å². The quantitative estimate of drug-likeness (QED) is 0.578. The third kappa shape index (κ3) is 2.36. The summed E-state index contributed by atoms with van der Waals surface area (Å²) >= 11 is 0. The van der Waals surface area contributed by atoms with Crippen molar-refractivity contribution < 1.29 is 8.91 Å². The topological polar surface area (TPSA) is 69.6 Å². The molecule has 0 radical (unpaired) electrons. The highest BCUT2D eigenvalue weighted by atomic mass is 19.1. The molecule has 0 N–H and O–H groups in total. The monoisotopic (exact) mass is 321 g/mol. The summed E-state index contributed by atoms with van der Waals surface area (Å²) in [7, 11) is 0. The molecule has 0 spiro atoms. The predicted molar refractivity (Wildman–Crippen MR) is 84.8 cm³/mol. The fraction of sp³-hybridized carbons (Fsp3) is 0.0588. The molecule has 0 atom stereocenters. The third-order valence-electron chi connectivity index (χ3n) is 3.64. The van der Waals surface area contributed by atoms with Gasteiger partial charge in [-0.1, -0.05) is 40.7 Å². The third-order valence-corrected chi connectivity index (χ3v) is 3.64. The van der Waals surface area contributed by atoms with Gasteiger partial charge in [-0.25, -0.2) is 9.07 Å². The first-order valence-electron chi connectivity index (χ1n) is 7.31. The molecule has 7 heteroatoms. The number of hydrogen-bond donors (Lipinski definition) is 0. The maximum Gasteiger partial charge on any atom is 0.261 e. The van der Waals surface area contributed by atoms with Gasteiger partial charge in [0.05, 0.1) is 16.9 Å². The molecule has 0 unspecified atom stereocenters. The molecule has 4 rings (SSSR count). The lowest BCUT2D eigenvalue weighted by atomic mass is 10.2. The molecule has 6 nitrogen and oxygen atoms in total. The van der Waals surface area contributed by atoms with Crippen LogP contribution in [-0.2, 0) is 0 Å². The summed E-state index contributed by atoms with van der Waals surface area (Å²) in [5.74, 6) is -0.0398. The first-order chi connectivity index (χ1) is 11.7. The highest BCUT2D eigenvalue weighted by Gasteiger charge is 2.19. The number of halogens is 1. The number of nitrogens with zero attached hydrogens (tertiary/aromatic N) is 5. The van der Waals surface area contributed by atoms with Crippen LogP contribution in [0.15, 0.2) is 59.1 Å². The first-order valence-corrected chi connectivity index (χ1v) is 7.31. The van der Waals surface area contributed by atoms with Gasteiger partial charge in [-0.2, -0.15) is 4.98 Å². The van der Waals surface area contributed by atoms with Crippen molar-refractivity contribution in [1.29, 1.82) is 0 Å². The molecule has 2 aromatic carbocycles. The van der Waals surface area contributed by atoms with Gasteiger partial charge in [-0.05, 0) is 31.2 Å². The van der Waals surface area contributed by atoms with Crippen LogP contribution < -0.4 is 0 Å². The van der Waals surface area contributed by atoms with Gasteiger partial charge in [0.15, 0.2) is 5.69 Å². The van der Waals surface area contributed by atoms with Crippen molar-refractivity contribution in [2.45, 2.75) is 6.92 Å². The number of hydrogen-bond acceptors (Lipinski definition) is 5. The average molecular weight is 321 g/mol. The highest BCUT2D eigenvalue weighted by molar-refractivity contribution is 5.59. The van der Waals surface area contributed by atoms with E-state index in [0.717, 1.165) is 11.4 Å². The second-order valence-electron chi connectivity index (χ2n) is 5.17. The molecule has 0 aliphatic rings. The molecule has 0 fully saturated rings. The lowest BCUT2D eigenvalue weighted by Crippen LogP contribution is -1.98. The largest absolute Gasteiger partial charge is 0.333 e. The van der Waals surface area contributed by atoms with E-state index in [-0.39, 0.29) is 17.3 Å². The Kier molecular flexibility index (Phi) is 3.38. The van der Waals surface area contributed by atoms with Crippen LogP contribution in [0.4, 0.5) is 4.39 Å². The van der Waals surface area contributed by atoms with Crippen molar-refractivity contribution in [3.63, 3.8) is 0 Å². The van der Waals surface area contributed by atoms with Crippen LogP contribution in [0.25, 0.3) is 28.7 Å². The van der Waals surface area contributed by atoms with Crippen LogP contribution in [0, 0.1) is 12.7 Å². The summed E-state index contributed by atoms with van der Waals surface area (Å²) in [5, 5.41) is 12.2. The zero-order valence-electron chi connectivity index (χ0n) is 12.7. The summed E-state index contributed by atoms with van der Waals surface area (Å²) in [4.78, 5) is 4.25. The SMILES string of the molecule is Cc1c(-c2noc(-c3ccccc3F)n2)nnn1-c1ccccc1. The van der Waals surface area contributed by atoms with E-state index in [1.165, 1.54) is 6.07 Å². The minimum Gasteiger partial charge on any atom is -0.333 e. The first kappa shape index (κ1) is 14.3. The Morgan fingerprint density at radius 3 is 2.54 bits per heavy atom. The number of aromatic nitrogens is 5. The number of benzene rings is 2. The minimum atomic E-state index is -0.419. The smallest absolute Gasteiger partial charge is 0.261 e. The van der Waals surface area contributed by atoms with Crippen LogP contribution in [0.3, 0.4) is 0 Å². The Hall–Kier alpha value is -3.35. The summed E-state index contributed by atoms with van der Waals surface area (Å²) in [6, 6.07) is 15.8. The molecular weight excluding hydrogens is 309 g/mol. The maximum absolute atomic E-state index is 13.8. The van der Waals surface area contributed by atoms with Gasteiger partial charge in [0.1, 0.15) is 5.82 Å². The Morgan fingerprint density at radius 1 is 1.00 bits per heavy atom. The zero-order valence-corrected chi connectivity index (χ0v) is 12.7. The molecule has 118 valence electrons. The molecule has 0 aliphatic heterocycles. The highest BCUT2D eigenvalue weighted by Crippen LogP contribution is 2.25. The van der Waals surface area contributed by atoms with Crippen molar-refractivity contribution in [3.8, 4) is 28.7 Å². The second-order valence-corrected chi connectivity index (χ2v) is 5.17. The normalized spacial score (nSPS) is 10.9. The standard InChI is InChI=1S/C17H12FN5O/c1-11-15(20-22-23(11)12-7-3-2-4-8-12)16-19-17(24-21-16)13-9-5-6-10-14(13)18/h2-10H,1H3. The second kappa shape index (κ2) is 5.69. The fourth-order valence-corrected chi connectivity index (χ4v) is 2.41. The van der Waals surface area contributed by atoms with E-state index >= 15 is 0 Å². The number of rotatable bonds is 3. The molecule has 2 aromatic heterocycles. The van der Waals surface area contributed by atoms with Crippen LogP contribution in [-0.4, -0.2) is 25.1 Å². The van der Waals surface area contributed by atoms with Crippen molar-refractivity contribution in [3.05, 3.63) is 66.1 Å². The summed E-state index contributed by atoms with van der Waals surface area (Å²) < 4.78 is 20.7. The lowest BCUT2D eigenvalue weighted by molar-refractivity contribution is 0.429. The van der Waals surface area contributed by atoms with Gasteiger partial charge in [0.25, 0.3) is 5.89 Å². The Labute approximate surface area is 136 Å². The molecule has 0 bridgehead atoms. The van der Waals surface area contributed by atoms with E-state index < -0.39 is 5.82 Å². The average Bonchev–Trinajstić information content (AvgIpc) is 3.23.